The molecule has 0 aromatic carbocycles. The van der Waals surface area contributed by atoms with Crippen LogP contribution in [0, 0.1) is 5.41 Å². The van der Waals surface area contributed by atoms with Gasteiger partial charge in [0.25, 0.3) is 0 Å². The Kier molecular flexibility index (Phi) is 9.09. The predicted octanol–water partition coefficient (Wildman–Crippen LogP) is 2.11. The summed E-state index contributed by atoms with van der Waals surface area (Å²) in [7, 11) is 0. The van der Waals surface area contributed by atoms with Gasteiger partial charge in [0.05, 0.1) is 12.0 Å². The molecule has 2 N–H and O–H groups in total. The van der Waals surface area contributed by atoms with Crippen LogP contribution in [0.2, 0.25) is 0 Å². The molecule has 1 atom stereocenters. The monoisotopic (exact) mass is 245 g/mol. The van der Waals surface area contributed by atoms with E-state index in [4.69, 9.17) is 15.2 Å². The minimum absolute atomic E-state index is 0.191. The van der Waals surface area contributed by atoms with Gasteiger partial charge in [0.1, 0.15) is 0 Å². The lowest BCUT2D eigenvalue weighted by Gasteiger charge is -2.28. The first kappa shape index (κ1) is 16.4. The molecule has 0 aromatic rings. The van der Waals surface area contributed by atoms with Crippen molar-refractivity contribution in [2.45, 2.75) is 46.5 Å². The molecule has 0 aromatic heterocycles. The SMILES string of the molecule is CCCCOCCC(CC)(CN)C(=O)OCC. The molecule has 0 saturated heterocycles. The molecule has 0 aliphatic heterocycles. The van der Waals surface area contributed by atoms with Gasteiger partial charge in [0.2, 0.25) is 0 Å². The van der Waals surface area contributed by atoms with Crippen molar-refractivity contribution in [3.8, 4) is 0 Å². The number of rotatable bonds is 10. The summed E-state index contributed by atoms with van der Waals surface area (Å²) in [5.74, 6) is -0.191. The number of esters is 1. The zero-order valence-corrected chi connectivity index (χ0v) is 11.5. The fraction of sp³-hybridized carbons (Fsp3) is 0.923. The number of carbonyl (C=O) groups excluding carboxylic acids is 1. The van der Waals surface area contributed by atoms with Gasteiger partial charge < -0.3 is 15.2 Å². The Morgan fingerprint density at radius 3 is 2.41 bits per heavy atom. The van der Waals surface area contributed by atoms with Gasteiger partial charge in [-0.1, -0.05) is 20.3 Å². The van der Waals surface area contributed by atoms with Crippen LogP contribution >= 0.6 is 0 Å². The van der Waals surface area contributed by atoms with Crippen molar-refractivity contribution in [1.82, 2.24) is 0 Å². The first-order valence-corrected chi connectivity index (χ1v) is 6.61. The van der Waals surface area contributed by atoms with Gasteiger partial charge in [0, 0.05) is 19.8 Å². The number of ether oxygens (including phenoxy) is 2. The van der Waals surface area contributed by atoms with Crippen LogP contribution in [0.15, 0.2) is 0 Å². The minimum atomic E-state index is -0.567. The second-order valence-corrected chi connectivity index (χ2v) is 4.27. The van der Waals surface area contributed by atoms with Crippen molar-refractivity contribution >= 4 is 5.97 Å². The fourth-order valence-corrected chi connectivity index (χ4v) is 1.65. The first-order chi connectivity index (χ1) is 8.16. The first-order valence-electron chi connectivity index (χ1n) is 6.61. The van der Waals surface area contributed by atoms with E-state index < -0.39 is 5.41 Å². The molecule has 1 unspecified atom stereocenters. The molecule has 4 heteroatoms. The molecular formula is C13H27NO3. The molecule has 0 bridgehead atoms. The summed E-state index contributed by atoms with van der Waals surface area (Å²) in [6.45, 7) is 7.95. The molecule has 0 aliphatic rings. The molecule has 0 spiro atoms. The lowest BCUT2D eigenvalue weighted by atomic mass is 9.82. The van der Waals surface area contributed by atoms with Gasteiger partial charge in [-0.15, -0.1) is 0 Å². The van der Waals surface area contributed by atoms with Gasteiger partial charge in [-0.25, -0.2) is 0 Å². The Bertz CT molecular complexity index is 203. The highest BCUT2D eigenvalue weighted by atomic mass is 16.5. The summed E-state index contributed by atoms with van der Waals surface area (Å²) < 4.78 is 10.6. The maximum Gasteiger partial charge on any atom is 0.313 e. The van der Waals surface area contributed by atoms with Gasteiger partial charge in [0.15, 0.2) is 0 Å². The molecule has 0 amide bonds. The quantitative estimate of drug-likeness (QED) is 0.473. The minimum Gasteiger partial charge on any atom is -0.466 e. The van der Waals surface area contributed by atoms with Gasteiger partial charge in [-0.3, -0.25) is 4.79 Å². The van der Waals surface area contributed by atoms with Crippen LogP contribution in [0.4, 0.5) is 0 Å². The highest BCUT2D eigenvalue weighted by molar-refractivity contribution is 5.77. The van der Waals surface area contributed by atoms with E-state index in [-0.39, 0.29) is 5.97 Å². The summed E-state index contributed by atoms with van der Waals surface area (Å²) >= 11 is 0. The third kappa shape index (κ3) is 5.50. The van der Waals surface area contributed by atoms with Crippen molar-refractivity contribution in [3.05, 3.63) is 0 Å². The molecule has 102 valence electrons. The number of hydrogen-bond acceptors (Lipinski definition) is 4. The smallest absolute Gasteiger partial charge is 0.313 e. The Hall–Kier alpha value is -0.610. The Morgan fingerprint density at radius 1 is 1.24 bits per heavy atom. The zero-order valence-electron chi connectivity index (χ0n) is 11.5. The summed E-state index contributed by atoms with van der Waals surface area (Å²) in [5.41, 5.74) is 5.17. The second-order valence-electron chi connectivity index (χ2n) is 4.27. The summed E-state index contributed by atoms with van der Waals surface area (Å²) in [6, 6.07) is 0. The number of hydrogen-bond donors (Lipinski definition) is 1. The van der Waals surface area contributed by atoms with Gasteiger partial charge >= 0.3 is 5.97 Å². The molecule has 0 heterocycles. The highest BCUT2D eigenvalue weighted by Gasteiger charge is 2.36. The average molecular weight is 245 g/mol. The molecule has 4 nitrogen and oxygen atoms in total. The summed E-state index contributed by atoms with van der Waals surface area (Å²) in [6.07, 6.45) is 3.51. The van der Waals surface area contributed by atoms with Gasteiger partial charge in [-0.2, -0.15) is 0 Å². The van der Waals surface area contributed by atoms with Crippen LogP contribution in [-0.4, -0.2) is 32.3 Å². The van der Waals surface area contributed by atoms with E-state index in [1.54, 1.807) is 0 Å². The summed E-state index contributed by atoms with van der Waals surface area (Å²) in [4.78, 5) is 11.9. The Balaban J connectivity index is 4.16. The third-order valence-corrected chi connectivity index (χ3v) is 3.14. The Morgan fingerprint density at radius 2 is 1.94 bits per heavy atom. The van der Waals surface area contributed by atoms with Crippen LogP contribution in [0.3, 0.4) is 0 Å². The predicted molar refractivity (Wildman–Crippen MR) is 68.8 cm³/mol. The zero-order chi connectivity index (χ0) is 13.1. The van der Waals surface area contributed by atoms with Crippen molar-refractivity contribution in [1.29, 1.82) is 0 Å². The van der Waals surface area contributed by atoms with Gasteiger partial charge in [-0.05, 0) is 26.2 Å². The lowest BCUT2D eigenvalue weighted by molar-refractivity contribution is -0.156. The normalized spacial score (nSPS) is 14.4. The van der Waals surface area contributed by atoms with Crippen LogP contribution < -0.4 is 5.73 Å². The lowest BCUT2D eigenvalue weighted by Crippen LogP contribution is -2.40. The highest BCUT2D eigenvalue weighted by Crippen LogP contribution is 2.27. The van der Waals surface area contributed by atoms with E-state index in [2.05, 4.69) is 6.92 Å². The van der Waals surface area contributed by atoms with E-state index in [0.717, 1.165) is 19.4 Å². The van der Waals surface area contributed by atoms with Crippen LogP contribution in [-0.2, 0) is 14.3 Å². The molecule has 0 fully saturated rings. The van der Waals surface area contributed by atoms with E-state index in [0.29, 0.717) is 32.6 Å². The van der Waals surface area contributed by atoms with Crippen molar-refractivity contribution in [2.75, 3.05) is 26.4 Å². The standard InChI is InChI=1S/C13H27NO3/c1-4-7-9-16-10-8-13(5-2,11-14)12(15)17-6-3/h4-11,14H2,1-3H3. The van der Waals surface area contributed by atoms with E-state index in [9.17, 15) is 4.79 Å². The number of nitrogens with two attached hydrogens (primary N) is 1. The van der Waals surface area contributed by atoms with Crippen LogP contribution in [0.5, 0.6) is 0 Å². The van der Waals surface area contributed by atoms with E-state index in [1.165, 1.54) is 0 Å². The Labute approximate surface area is 105 Å². The van der Waals surface area contributed by atoms with Crippen LogP contribution in [0.1, 0.15) is 46.5 Å². The third-order valence-electron chi connectivity index (χ3n) is 3.14. The van der Waals surface area contributed by atoms with Crippen molar-refractivity contribution < 1.29 is 14.3 Å². The number of carbonyl (C=O) groups is 1. The second kappa shape index (κ2) is 9.42. The maximum atomic E-state index is 11.9. The molecule has 0 radical (unpaired) electrons. The van der Waals surface area contributed by atoms with Crippen LogP contribution in [0.25, 0.3) is 0 Å². The van der Waals surface area contributed by atoms with Crippen molar-refractivity contribution in [3.63, 3.8) is 0 Å². The number of unbranched alkanes of at least 4 members (excludes halogenated alkanes) is 1. The van der Waals surface area contributed by atoms with E-state index >= 15 is 0 Å². The van der Waals surface area contributed by atoms with E-state index in [1.807, 2.05) is 13.8 Å². The fourth-order valence-electron chi connectivity index (χ4n) is 1.65. The molecular weight excluding hydrogens is 218 g/mol. The largest absolute Gasteiger partial charge is 0.466 e. The molecule has 17 heavy (non-hydrogen) atoms. The average Bonchev–Trinajstić information content (AvgIpc) is 2.34. The molecule has 0 rings (SSSR count). The molecule has 0 aliphatic carbocycles. The summed E-state index contributed by atoms with van der Waals surface area (Å²) in [5, 5.41) is 0. The topological polar surface area (TPSA) is 61.5 Å². The van der Waals surface area contributed by atoms with Crippen molar-refractivity contribution in [2.24, 2.45) is 11.1 Å². The molecule has 0 saturated carbocycles. The maximum absolute atomic E-state index is 11.9.